The van der Waals surface area contributed by atoms with E-state index in [-0.39, 0.29) is 40.5 Å². The summed E-state index contributed by atoms with van der Waals surface area (Å²) in [5.74, 6) is 0.0912. The number of Topliss-reactive ketones (excluding diaryl/α,β-unsaturated/α-hetero) is 1. The number of hydrogen-bond acceptors (Lipinski definition) is 4. The van der Waals surface area contributed by atoms with Crippen molar-refractivity contribution in [1.82, 2.24) is 0 Å². The van der Waals surface area contributed by atoms with Crippen LogP contribution in [0.3, 0.4) is 0 Å². The molecule has 7 atom stereocenters. The van der Waals surface area contributed by atoms with Crippen molar-refractivity contribution in [2.45, 2.75) is 71.5 Å². The second-order valence-electron chi connectivity index (χ2n) is 9.55. The first kappa shape index (κ1) is 14.4. The molecule has 4 nitrogen and oxygen atoms in total. The maximum Gasteiger partial charge on any atom is 0.310 e. The number of rotatable bonds is 0. The van der Waals surface area contributed by atoms with Gasteiger partial charge in [-0.15, -0.1) is 0 Å². The van der Waals surface area contributed by atoms with Crippen LogP contribution in [-0.4, -0.2) is 29.1 Å². The van der Waals surface area contributed by atoms with E-state index < -0.39 is 16.9 Å². The molecule has 5 aliphatic rings. The van der Waals surface area contributed by atoms with Gasteiger partial charge >= 0.3 is 5.97 Å². The zero-order valence-electron chi connectivity index (χ0n) is 14.2. The second-order valence-corrected chi connectivity index (χ2v) is 9.55. The molecule has 0 radical (unpaired) electrons. The molecule has 0 aromatic carbocycles. The molecular formula is C19H26O4. The van der Waals surface area contributed by atoms with Gasteiger partial charge in [0.15, 0.2) is 0 Å². The van der Waals surface area contributed by atoms with Gasteiger partial charge in [-0.25, -0.2) is 0 Å². The summed E-state index contributed by atoms with van der Waals surface area (Å²) in [4.78, 5) is 26.1. The van der Waals surface area contributed by atoms with Crippen LogP contribution < -0.4 is 0 Å². The lowest BCUT2D eigenvalue weighted by atomic mass is 9.43. The summed E-state index contributed by atoms with van der Waals surface area (Å²) in [5.41, 5.74) is -1.74. The number of esters is 1. The summed E-state index contributed by atoms with van der Waals surface area (Å²) in [7, 11) is 0. The fraction of sp³-hybridized carbons (Fsp3) is 0.895. The van der Waals surface area contributed by atoms with Gasteiger partial charge in [0.05, 0.1) is 17.4 Å². The Kier molecular flexibility index (Phi) is 2.31. The van der Waals surface area contributed by atoms with E-state index in [1.165, 1.54) is 0 Å². The van der Waals surface area contributed by atoms with Crippen LogP contribution in [0.1, 0.15) is 59.3 Å². The number of carbonyl (C=O) groups excluding carboxylic acids is 2. The normalized spacial score (nSPS) is 58.8. The predicted molar refractivity (Wildman–Crippen MR) is 82.3 cm³/mol. The van der Waals surface area contributed by atoms with Gasteiger partial charge in [0.25, 0.3) is 0 Å². The lowest BCUT2D eigenvalue weighted by Gasteiger charge is -2.56. The Bertz CT molecular complexity index is 639. The molecular weight excluding hydrogens is 292 g/mol. The van der Waals surface area contributed by atoms with E-state index in [4.69, 9.17) is 4.74 Å². The third-order valence-corrected chi connectivity index (χ3v) is 8.97. The van der Waals surface area contributed by atoms with E-state index in [9.17, 15) is 14.7 Å². The molecule has 1 saturated heterocycles. The molecule has 2 bridgehead atoms. The molecule has 4 saturated carbocycles. The summed E-state index contributed by atoms with van der Waals surface area (Å²) < 4.78 is 6.01. The molecule has 0 aromatic rings. The lowest BCUT2D eigenvalue weighted by molar-refractivity contribution is -0.173. The van der Waals surface area contributed by atoms with Gasteiger partial charge in [-0.1, -0.05) is 27.2 Å². The van der Waals surface area contributed by atoms with E-state index in [0.717, 1.165) is 25.7 Å². The highest BCUT2D eigenvalue weighted by Gasteiger charge is 2.91. The number of aliphatic hydroxyl groups excluding tert-OH is 1. The molecule has 126 valence electrons. The zero-order valence-corrected chi connectivity index (χ0v) is 14.2. The van der Waals surface area contributed by atoms with Gasteiger partial charge in [0.2, 0.25) is 0 Å². The Morgan fingerprint density at radius 2 is 1.91 bits per heavy atom. The molecule has 4 aliphatic carbocycles. The number of ketones is 1. The summed E-state index contributed by atoms with van der Waals surface area (Å²) >= 11 is 0. The van der Waals surface area contributed by atoms with Crippen molar-refractivity contribution in [1.29, 1.82) is 0 Å². The van der Waals surface area contributed by atoms with Gasteiger partial charge in [0, 0.05) is 17.8 Å². The summed E-state index contributed by atoms with van der Waals surface area (Å²) in [6.07, 6.45) is 3.95. The minimum atomic E-state index is -0.792. The fourth-order valence-corrected chi connectivity index (χ4v) is 8.60. The SMILES string of the molecule is CC1(C)C2CCC(=O)C13C(O)C[C@]1(C)CCC[C@H]4C(=O)OC2C431. The summed E-state index contributed by atoms with van der Waals surface area (Å²) in [6, 6.07) is 0. The third kappa shape index (κ3) is 1.06. The molecule has 1 heterocycles. The predicted octanol–water partition coefficient (Wildman–Crippen LogP) is 2.47. The van der Waals surface area contributed by atoms with E-state index in [2.05, 4.69) is 20.8 Å². The van der Waals surface area contributed by atoms with Crippen molar-refractivity contribution in [3.63, 3.8) is 0 Å². The van der Waals surface area contributed by atoms with Crippen molar-refractivity contribution in [2.24, 2.45) is 33.5 Å². The Morgan fingerprint density at radius 3 is 2.65 bits per heavy atom. The number of ether oxygens (including phenoxy) is 1. The molecule has 1 N–H and O–H groups in total. The van der Waals surface area contributed by atoms with E-state index in [0.29, 0.717) is 12.8 Å². The molecule has 1 aliphatic heterocycles. The van der Waals surface area contributed by atoms with Crippen LogP contribution in [0.4, 0.5) is 0 Å². The molecule has 23 heavy (non-hydrogen) atoms. The summed E-state index contributed by atoms with van der Waals surface area (Å²) in [5, 5.41) is 11.3. The highest BCUT2D eigenvalue weighted by Crippen LogP contribution is 2.86. The van der Waals surface area contributed by atoms with Gasteiger partial charge in [-0.2, -0.15) is 0 Å². The highest BCUT2D eigenvalue weighted by atomic mass is 16.6. The molecule has 5 rings (SSSR count). The van der Waals surface area contributed by atoms with Crippen molar-refractivity contribution < 1.29 is 19.4 Å². The first-order valence-corrected chi connectivity index (χ1v) is 9.17. The molecule has 4 heteroatoms. The van der Waals surface area contributed by atoms with Crippen LogP contribution in [-0.2, 0) is 14.3 Å². The molecule has 5 fully saturated rings. The Morgan fingerprint density at radius 1 is 1.17 bits per heavy atom. The van der Waals surface area contributed by atoms with E-state index in [1.54, 1.807) is 0 Å². The van der Waals surface area contributed by atoms with Crippen LogP contribution >= 0.6 is 0 Å². The molecule has 0 aromatic heterocycles. The van der Waals surface area contributed by atoms with Crippen LogP contribution in [0.5, 0.6) is 0 Å². The minimum absolute atomic E-state index is 0.102. The lowest BCUT2D eigenvalue weighted by Crippen LogP contribution is -2.62. The number of hydrogen-bond donors (Lipinski definition) is 1. The monoisotopic (exact) mass is 318 g/mol. The largest absolute Gasteiger partial charge is 0.461 e. The Labute approximate surface area is 137 Å². The quantitative estimate of drug-likeness (QED) is 0.697. The third-order valence-electron chi connectivity index (χ3n) is 8.97. The molecule has 2 spiro atoms. The van der Waals surface area contributed by atoms with Crippen LogP contribution in [0.25, 0.3) is 0 Å². The van der Waals surface area contributed by atoms with E-state index in [1.807, 2.05) is 0 Å². The number of fused-ring (bicyclic) bond motifs is 2. The van der Waals surface area contributed by atoms with Crippen LogP contribution in [0, 0.1) is 33.5 Å². The van der Waals surface area contributed by atoms with Crippen molar-refractivity contribution in [3.8, 4) is 0 Å². The average molecular weight is 318 g/mol. The topological polar surface area (TPSA) is 63.6 Å². The van der Waals surface area contributed by atoms with Crippen LogP contribution in [0.2, 0.25) is 0 Å². The molecule has 0 amide bonds. The number of aliphatic hydroxyl groups is 1. The van der Waals surface area contributed by atoms with Crippen molar-refractivity contribution in [3.05, 3.63) is 0 Å². The van der Waals surface area contributed by atoms with E-state index >= 15 is 0 Å². The Balaban J connectivity index is 1.91. The maximum atomic E-state index is 13.4. The average Bonchev–Trinajstić information content (AvgIpc) is 2.88. The maximum absolute atomic E-state index is 13.4. The van der Waals surface area contributed by atoms with Crippen molar-refractivity contribution in [2.75, 3.05) is 0 Å². The first-order chi connectivity index (χ1) is 10.7. The first-order valence-electron chi connectivity index (χ1n) is 9.17. The fourth-order valence-electron chi connectivity index (χ4n) is 8.60. The van der Waals surface area contributed by atoms with Crippen LogP contribution in [0.15, 0.2) is 0 Å². The highest BCUT2D eigenvalue weighted by molar-refractivity contribution is 5.93. The van der Waals surface area contributed by atoms with Gasteiger partial charge < -0.3 is 9.84 Å². The van der Waals surface area contributed by atoms with Crippen molar-refractivity contribution >= 4 is 11.8 Å². The smallest absolute Gasteiger partial charge is 0.310 e. The Hall–Kier alpha value is -0.900. The minimum Gasteiger partial charge on any atom is -0.461 e. The number of carbonyl (C=O) groups is 2. The van der Waals surface area contributed by atoms with Gasteiger partial charge in [0.1, 0.15) is 11.9 Å². The summed E-state index contributed by atoms with van der Waals surface area (Å²) in [6.45, 7) is 6.52. The standard InChI is InChI=1S/C19H26O4/c1-16(2)10-6-7-12(20)19(16)13(21)9-17(3)8-4-5-11-15(22)23-14(10)18(11,17)19/h10-11,13-14,21H,4-9H2,1-3H3/t10?,11-,13?,14?,17-,18?,19?/m0/s1. The van der Waals surface area contributed by atoms with Gasteiger partial charge in [-0.3, -0.25) is 9.59 Å². The second kappa shape index (κ2) is 3.68. The zero-order chi connectivity index (χ0) is 16.4. The van der Waals surface area contributed by atoms with Gasteiger partial charge in [-0.05, 0) is 36.5 Å². The molecule has 5 unspecified atom stereocenters.